The van der Waals surface area contributed by atoms with Crippen LogP contribution in [0.2, 0.25) is 10.0 Å². The maximum atomic E-state index is 12.5. The summed E-state index contributed by atoms with van der Waals surface area (Å²) in [4.78, 5) is 26.4. The van der Waals surface area contributed by atoms with Gasteiger partial charge in [0.15, 0.2) is 0 Å². The topological polar surface area (TPSA) is 61.4 Å². The van der Waals surface area contributed by atoms with Crippen molar-refractivity contribution in [2.24, 2.45) is 0 Å². The summed E-state index contributed by atoms with van der Waals surface area (Å²) >= 11 is 12.0. The molecule has 2 aromatic rings. The fraction of sp³-hybridized carbons (Fsp3) is 0.333. The van der Waals surface area contributed by atoms with E-state index in [2.05, 4.69) is 10.6 Å². The molecule has 0 saturated carbocycles. The maximum Gasteiger partial charge on any atom is 0.244 e. The molecule has 0 fully saturated rings. The van der Waals surface area contributed by atoms with Gasteiger partial charge in [0.25, 0.3) is 0 Å². The number of carbonyl (C=O) groups is 2. The first kappa shape index (κ1) is 22.2. The highest BCUT2D eigenvalue weighted by atomic mass is 35.5. The van der Waals surface area contributed by atoms with Crippen LogP contribution in [0.25, 0.3) is 0 Å². The Morgan fingerprint density at radius 3 is 2.50 bits per heavy atom. The first-order valence-corrected chi connectivity index (χ1v) is 9.88. The van der Waals surface area contributed by atoms with E-state index in [1.165, 1.54) is 4.90 Å². The van der Waals surface area contributed by atoms with E-state index in [1.807, 2.05) is 51.1 Å². The third-order valence-corrected chi connectivity index (χ3v) is 4.92. The minimum Gasteiger partial charge on any atom is -0.333 e. The first-order valence-electron chi connectivity index (χ1n) is 9.12. The van der Waals surface area contributed by atoms with Crippen LogP contribution < -0.4 is 10.6 Å². The van der Waals surface area contributed by atoms with Crippen LogP contribution >= 0.6 is 23.2 Å². The highest BCUT2D eigenvalue weighted by Crippen LogP contribution is 2.20. The highest BCUT2D eigenvalue weighted by Gasteiger charge is 2.17. The SMILES string of the molecule is CCN(CC(=O)Nc1cc(Cl)ccc1C)C(=O)CN[C@H](C)c1cccc(Cl)c1. The van der Waals surface area contributed by atoms with Crippen LogP contribution in [0.3, 0.4) is 0 Å². The zero-order valence-corrected chi connectivity index (χ0v) is 17.8. The zero-order chi connectivity index (χ0) is 20.7. The molecule has 2 aromatic carbocycles. The molecule has 28 heavy (non-hydrogen) atoms. The Morgan fingerprint density at radius 1 is 1.11 bits per heavy atom. The number of amides is 2. The second kappa shape index (κ2) is 10.5. The molecular weight excluding hydrogens is 397 g/mol. The second-order valence-electron chi connectivity index (χ2n) is 6.57. The predicted molar refractivity (Wildman–Crippen MR) is 115 cm³/mol. The standard InChI is InChI=1S/C21H25Cl2N3O2/c1-4-26(13-20(27)25-19-11-18(23)9-8-14(19)2)21(28)12-24-15(3)16-6-5-7-17(22)10-16/h5-11,15,24H,4,12-13H2,1-3H3,(H,25,27)/t15-/m1/s1. The van der Waals surface area contributed by atoms with Gasteiger partial charge < -0.3 is 15.5 Å². The molecular formula is C21H25Cl2N3O2. The van der Waals surface area contributed by atoms with Crippen LogP contribution in [0.4, 0.5) is 5.69 Å². The van der Waals surface area contributed by atoms with Crippen LogP contribution in [0.5, 0.6) is 0 Å². The molecule has 150 valence electrons. The van der Waals surface area contributed by atoms with E-state index in [0.29, 0.717) is 22.3 Å². The Kier molecular flexibility index (Phi) is 8.30. The van der Waals surface area contributed by atoms with Crippen molar-refractivity contribution in [3.8, 4) is 0 Å². The van der Waals surface area contributed by atoms with Crippen LogP contribution in [-0.2, 0) is 9.59 Å². The summed E-state index contributed by atoms with van der Waals surface area (Å²) < 4.78 is 0. The number of aryl methyl sites for hydroxylation is 1. The molecule has 0 unspecified atom stereocenters. The molecule has 2 amide bonds. The Balaban J connectivity index is 1.90. The minimum atomic E-state index is -0.261. The fourth-order valence-corrected chi connectivity index (χ4v) is 3.09. The van der Waals surface area contributed by atoms with Crippen molar-refractivity contribution in [3.05, 3.63) is 63.6 Å². The molecule has 0 radical (unpaired) electrons. The quantitative estimate of drug-likeness (QED) is 0.661. The number of hydrogen-bond donors (Lipinski definition) is 2. The van der Waals surface area contributed by atoms with Crippen molar-refractivity contribution in [1.29, 1.82) is 0 Å². The number of likely N-dealkylation sites (N-methyl/N-ethyl adjacent to an activating group) is 1. The van der Waals surface area contributed by atoms with Gasteiger partial charge in [-0.1, -0.05) is 41.4 Å². The number of anilines is 1. The van der Waals surface area contributed by atoms with Crippen molar-refractivity contribution in [3.63, 3.8) is 0 Å². The van der Waals surface area contributed by atoms with Gasteiger partial charge in [-0.05, 0) is 56.2 Å². The molecule has 0 aliphatic rings. The third kappa shape index (κ3) is 6.51. The average Bonchev–Trinajstić information content (AvgIpc) is 2.66. The Hall–Kier alpha value is -2.08. The number of nitrogens with zero attached hydrogens (tertiary/aromatic N) is 1. The molecule has 0 heterocycles. The maximum absolute atomic E-state index is 12.5. The predicted octanol–water partition coefficient (Wildman–Crippen LogP) is 4.44. The van der Waals surface area contributed by atoms with Gasteiger partial charge in [0.1, 0.15) is 0 Å². The van der Waals surface area contributed by atoms with Crippen molar-refractivity contribution in [2.45, 2.75) is 26.8 Å². The van der Waals surface area contributed by atoms with Gasteiger partial charge in [0, 0.05) is 28.3 Å². The number of hydrogen-bond acceptors (Lipinski definition) is 3. The number of carbonyl (C=O) groups excluding carboxylic acids is 2. The largest absolute Gasteiger partial charge is 0.333 e. The van der Waals surface area contributed by atoms with E-state index in [-0.39, 0.29) is 30.9 Å². The number of nitrogens with one attached hydrogen (secondary N) is 2. The van der Waals surface area contributed by atoms with Gasteiger partial charge in [0.2, 0.25) is 11.8 Å². The number of benzene rings is 2. The lowest BCUT2D eigenvalue weighted by Crippen LogP contribution is -2.42. The smallest absolute Gasteiger partial charge is 0.244 e. The average molecular weight is 422 g/mol. The molecule has 2 rings (SSSR count). The Morgan fingerprint density at radius 2 is 1.82 bits per heavy atom. The van der Waals surface area contributed by atoms with Crippen LogP contribution in [-0.4, -0.2) is 36.3 Å². The number of rotatable bonds is 8. The van der Waals surface area contributed by atoms with E-state index in [4.69, 9.17) is 23.2 Å². The van der Waals surface area contributed by atoms with E-state index < -0.39 is 0 Å². The van der Waals surface area contributed by atoms with Gasteiger partial charge >= 0.3 is 0 Å². The monoisotopic (exact) mass is 421 g/mol. The van der Waals surface area contributed by atoms with E-state index >= 15 is 0 Å². The zero-order valence-electron chi connectivity index (χ0n) is 16.3. The summed E-state index contributed by atoms with van der Waals surface area (Å²) in [6.07, 6.45) is 0. The Labute approximate surface area is 176 Å². The third-order valence-electron chi connectivity index (χ3n) is 4.45. The second-order valence-corrected chi connectivity index (χ2v) is 7.45. The molecule has 0 spiro atoms. The lowest BCUT2D eigenvalue weighted by Gasteiger charge is -2.22. The van der Waals surface area contributed by atoms with Gasteiger partial charge in [0.05, 0.1) is 13.1 Å². The van der Waals surface area contributed by atoms with Crippen LogP contribution in [0.15, 0.2) is 42.5 Å². The lowest BCUT2D eigenvalue weighted by atomic mass is 10.1. The van der Waals surface area contributed by atoms with E-state index in [9.17, 15) is 9.59 Å². The molecule has 0 aliphatic carbocycles. The molecule has 5 nitrogen and oxygen atoms in total. The lowest BCUT2D eigenvalue weighted by molar-refractivity contribution is -0.133. The molecule has 2 N–H and O–H groups in total. The molecule has 0 aliphatic heterocycles. The number of halogens is 2. The van der Waals surface area contributed by atoms with Crippen LogP contribution in [0.1, 0.15) is 31.0 Å². The highest BCUT2D eigenvalue weighted by molar-refractivity contribution is 6.31. The summed E-state index contributed by atoms with van der Waals surface area (Å²) in [7, 11) is 0. The van der Waals surface area contributed by atoms with E-state index in [0.717, 1.165) is 11.1 Å². The van der Waals surface area contributed by atoms with Crippen molar-refractivity contribution >= 4 is 40.7 Å². The van der Waals surface area contributed by atoms with Crippen molar-refractivity contribution < 1.29 is 9.59 Å². The minimum absolute atomic E-state index is 0.0193. The molecule has 0 bridgehead atoms. The van der Waals surface area contributed by atoms with Crippen LogP contribution in [0, 0.1) is 6.92 Å². The summed E-state index contributed by atoms with van der Waals surface area (Å²) in [5, 5.41) is 7.19. The van der Waals surface area contributed by atoms with Crippen molar-refractivity contribution in [1.82, 2.24) is 10.2 Å². The molecule has 1 atom stereocenters. The Bertz CT molecular complexity index is 842. The summed E-state index contributed by atoms with van der Waals surface area (Å²) in [5.41, 5.74) is 2.55. The van der Waals surface area contributed by atoms with E-state index in [1.54, 1.807) is 12.1 Å². The first-order chi connectivity index (χ1) is 13.3. The van der Waals surface area contributed by atoms with Crippen molar-refractivity contribution in [2.75, 3.05) is 25.0 Å². The van der Waals surface area contributed by atoms with Gasteiger partial charge in [-0.15, -0.1) is 0 Å². The normalized spacial score (nSPS) is 11.8. The molecule has 0 aromatic heterocycles. The molecule has 7 heteroatoms. The summed E-state index contributed by atoms with van der Waals surface area (Å²) in [6, 6.07) is 12.8. The van der Waals surface area contributed by atoms with Gasteiger partial charge in [-0.3, -0.25) is 9.59 Å². The van der Waals surface area contributed by atoms with Gasteiger partial charge in [-0.25, -0.2) is 0 Å². The summed E-state index contributed by atoms with van der Waals surface area (Å²) in [6.45, 7) is 6.24. The van der Waals surface area contributed by atoms with Gasteiger partial charge in [-0.2, -0.15) is 0 Å². The molecule has 0 saturated heterocycles. The summed E-state index contributed by atoms with van der Waals surface area (Å²) in [5.74, 6) is -0.405. The fourth-order valence-electron chi connectivity index (χ4n) is 2.71.